The van der Waals surface area contributed by atoms with E-state index in [1.165, 1.54) is 24.3 Å². The van der Waals surface area contributed by atoms with Crippen LogP contribution in [0.25, 0.3) is 0 Å². The average molecular weight is 263 g/mol. The molecule has 0 spiro atoms. The van der Waals surface area contributed by atoms with Gasteiger partial charge in [-0.15, -0.1) is 0 Å². The molecule has 0 bridgehead atoms. The van der Waals surface area contributed by atoms with E-state index in [2.05, 4.69) is 5.32 Å². The van der Waals surface area contributed by atoms with Crippen molar-refractivity contribution in [2.45, 2.75) is 38.4 Å². The van der Waals surface area contributed by atoms with E-state index in [4.69, 9.17) is 0 Å². The van der Waals surface area contributed by atoms with Crippen molar-refractivity contribution in [2.24, 2.45) is 0 Å². The van der Waals surface area contributed by atoms with Crippen LogP contribution in [-0.4, -0.2) is 12.7 Å². The number of alkyl halides is 3. The Morgan fingerprint density at radius 2 is 1.78 bits per heavy atom. The first-order valence-electron chi connectivity index (χ1n) is 5.98. The second-order valence-electron chi connectivity index (χ2n) is 4.21. The molecule has 0 aliphatic heterocycles. The molecule has 0 amide bonds. The molecule has 1 nitrogen and oxygen atoms in total. The Labute approximate surface area is 104 Å². The fraction of sp³-hybridized carbons (Fsp3) is 0.538. The molecule has 0 radical (unpaired) electrons. The van der Waals surface area contributed by atoms with Crippen LogP contribution in [-0.2, 0) is 0 Å². The molecule has 1 N–H and O–H groups in total. The third kappa shape index (κ3) is 5.49. The van der Waals surface area contributed by atoms with Crippen LogP contribution in [0.1, 0.15) is 37.8 Å². The van der Waals surface area contributed by atoms with Crippen LogP contribution in [0, 0.1) is 5.82 Å². The normalized spacial score (nSPS) is 13.6. The zero-order valence-electron chi connectivity index (χ0n) is 10.2. The Morgan fingerprint density at radius 3 is 2.28 bits per heavy atom. The average Bonchev–Trinajstić information content (AvgIpc) is 2.29. The van der Waals surface area contributed by atoms with E-state index in [0.29, 0.717) is 12.1 Å². The molecule has 18 heavy (non-hydrogen) atoms. The molecule has 1 aromatic carbocycles. The summed E-state index contributed by atoms with van der Waals surface area (Å²) in [6.07, 6.45) is -4.20. The summed E-state index contributed by atoms with van der Waals surface area (Å²) in [5, 5.41) is 3.06. The molecule has 0 fully saturated rings. The first kappa shape index (κ1) is 15.0. The van der Waals surface area contributed by atoms with Gasteiger partial charge in [0.15, 0.2) is 0 Å². The standard InChI is InChI=1S/C13H17F4N/c1-2-9-18-12(7-8-13(15,16)17)10-3-5-11(14)6-4-10/h3-6,12,18H,2,7-9H2,1H3. The first-order valence-corrected chi connectivity index (χ1v) is 5.98. The number of halogens is 4. The van der Waals surface area contributed by atoms with Crippen LogP contribution in [0.5, 0.6) is 0 Å². The van der Waals surface area contributed by atoms with Crippen LogP contribution in [0.15, 0.2) is 24.3 Å². The Morgan fingerprint density at radius 1 is 1.17 bits per heavy atom. The summed E-state index contributed by atoms with van der Waals surface area (Å²) in [5.41, 5.74) is 0.689. The van der Waals surface area contributed by atoms with Crippen molar-refractivity contribution in [3.63, 3.8) is 0 Å². The van der Waals surface area contributed by atoms with E-state index >= 15 is 0 Å². The summed E-state index contributed by atoms with van der Waals surface area (Å²) < 4.78 is 49.5. The lowest BCUT2D eigenvalue weighted by Gasteiger charge is -2.19. The third-order valence-electron chi connectivity index (χ3n) is 2.63. The minimum Gasteiger partial charge on any atom is -0.310 e. The van der Waals surface area contributed by atoms with Crippen molar-refractivity contribution >= 4 is 0 Å². The molecular formula is C13H17F4N. The van der Waals surface area contributed by atoms with Gasteiger partial charge in [0.05, 0.1) is 0 Å². The molecule has 0 heterocycles. The van der Waals surface area contributed by atoms with E-state index in [9.17, 15) is 17.6 Å². The summed E-state index contributed by atoms with van der Waals surface area (Å²) in [6.45, 7) is 2.58. The smallest absolute Gasteiger partial charge is 0.310 e. The predicted molar refractivity (Wildman–Crippen MR) is 62.7 cm³/mol. The minimum absolute atomic E-state index is 0.0326. The second kappa shape index (κ2) is 6.73. The Hall–Kier alpha value is -1.10. The monoisotopic (exact) mass is 263 g/mol. The van der Waals surface area contributed by atoms with E-state index < -0.39 is 12.6 Å². The van der Waals surface area contributed by atoms with Gasteiger partial charge in [-0.25, -0.2) is 4.39 Å². The molecule has 5 heteroatoms. The highest BCUT2D eigenvalue weighted by atomic mass is 19.4. The van der Waals surface area contributed by atoms with Gasteiger partial charge in [-0.1, -0.05) is 19.1 Å². The molecule has 0 aromatic heterocycles. The highest BCUT2D eigenvalue weighted by Crippen LogP contribution is 2.27. The molecule has 102 valence electrons. The highest BCUT2D eigenvalue weighted by molar-refractivity contribution is 5.19. The molecule has 0 aliphatic carbocycles. The first-order chi connectivity index (χ1) is 8.42. The molecule has 0 saturated heterocycles. The lowest BCUT2D eigenvalue weighted by Crippen LogP contribution is -2.24. The van der Waals surface area contributed by atoms with Crippen molar-refractivity contribution in [3.8, 4) is 0 Å². The molecule has 1 aromatic rings. The fourth-order valence-electron chi connectivity index (χ4n) is 1.71. The Bertz CT molecular complexity index is 345. The van der Waals surface area contributed by atoms with E-state index in [0.717, 1.165) is 6.42 Å². The maximum atomic E-state index is 12.8. The zero-order chi connectivity index (χ0) is 13.6. The summed E-state index contributed by atoms with van der Waals surface area (Å²) in [6, 6.07) is 5.21. The van der Waals surface area contributed by atoms with Gasteiger partial charge in [0, 0.05) is 12.5 Å². The number of rotatable bonds is 6. The maximum absolute atomic E-state index is 12.8. The van der Waals surface area contributed by atoms with Gasteiger partial charge in [0.1, 0.15) is 5.82 Å². The van der Waals surface area contributed by atoms with Gasteiger partial charge in [-0.05, 0) is 37.1 Å². The molecule has 1 rings (SSSR count). The van der Waals surface area contributed by atoms with E-state index in [1.54, 1.807) is 0 Å². The number of nitrogens with one attached hydrogen (secondary N) is 1. The number of hydrogen-bond acceptors (Lipinski definition) is 1. The largest absolute Gasteiger partial charge is 0.389 e. The van der Waals surface area contributed by atoms with Gasteiger partial charge in [-0.3, -0.25) is 0 Å². The van der Waals surface area contributed by atoms with Crippen LogP contribution < -0.4 is 5.32 Å². The Kier molecular flexibility index (Phi) is 5.59. The lowest BCUT2D eigenvalue weighted by atomic mass is 10.0. The van der Waals surface area contributed by atoms with Crippen molar-refractivity contribution < 1.29 is 17.6 Å². The van der Waals surface area contributed by atoms with Gasteiger partial charge < -0.3 is 5.32 Å². The molecular weight excluding hydrogens is 246 g/mol. The number of hydrogen-bond donors (Lipinski definition) is 1. The topological polar surface area (TPSA) is 12.0 Å². The second-order valence-corrected chi connectivity index (χ2v) is 4.21. The molecule has 1 atom stereocenters. The van der Waals surface area contributed by atoms with E-state index in [1.807, 2.05) is 6.92 Å². The summed E-state index contributed by atoms with van der Waals surface area (Å²) >= 11 is 0. The SMILES string of the molecule is CCCNC(CCC(F)(F)F)c1ccc(F)cc1. The molecule has 1 unspecified atom stereocenters. The quantitative estimate of drug-likeness (QED) is 0.758. The van der Waals surface area contributed by atoms with Crippen molar-refractivity contribution in [1.29, 1.82) is 0 Å². The molecule has 0 aliphatic rings. The van der Waals surface area contributed by atoms with Crippen molar-refractivity contribution in [1.82, 2.24) is 5.32 Å². The Balaban J connectivity index is 2.68. The van der Waals surface area contributed by atoms with Crippen LogP contribution in [0.2, 0.25) is 0 Å². The fourth-order valence-corrected chi connectivity index (χ4v) is 1.71. The van der Waals surface area contributed by atoms with Crippen LogP contribution in [0.3, 0.4) is 0 Å². The van der Waals surface area contributed by atoms with E-state index in [-0.39, 0.29) is 18.3 Å². The summed E-state index contributed by atoms with van der Waals surface area (Å²) in [7, 11) is 0. The van der Waals surface area contributed by atoms with Crippen molar-refractivity contribution in [3.05, 3.63) is 35.6 Å². The van der Waals surface area contributed by atoms with Crippen LogP contribution >= 0.6 is 0 Å². The van der Waals surface area contributed by atoms with Gasteiger partial charge in [0.25, 0.3) is 0 Å². The van der Waals surface area contributed by atoms with Crippen molar-refractivity contribution in [2.75, 3.05) is 6.54 Å². The minimum atomic E-state index is -4.16. The van der Waals surface area contributed by atoms with Gasteiger partial charge >= 0.3 is 6.18 Å². The predicted octanol–water partition coefficient (Wildman–Crippen LogP) is 4.21. The maximum Gasteiger partial charge on any atom is 0.389 e. The summed E-state index contributed by atoms with van der Waals surface area (Å²) in [5.74, 6) is -0.385. The van der Waals surface area contributed by atoms with Gasteiger partial charge in [-0.2, -0.15) is 13.2 Å². The van der Waals surface area contributed by atoms with Crippen LogP contribution in [0.4, 0.5) is 17.6 Å². The lowest BCUT2D eigenvalue weighted by molar-refractivity contribution is -0.136. The zero-order valence-corrected chi connectivity index (χ0v) is 10.2. The number of benzene rings is 1. The van der Waals surface area contributed by atoms with Gasteiger partial charge in [0.2, 0.25) is 0 Å². The third-order valence-corrected chi connectivity index (χ3v) is 2.63. The summed E-state index contributed by atoms with van der Waals surface area (Å²) in [4.78, 5) is 0. The highest BCUT2D eigenvalue weighted by Gasteiger charge is 2.28. The molecule has 0 saturated carbocycles.